The van der Waals surface area contributed by atoms with Crippen LogP contribution < -0.4 is 0 Å². The van der Waals surface area contributed by atoms with Gasteiger partial charge in [0.05, 0.1) is 5.56 Å². The fourth-order valence-corrected chi connectivity index (χ4v) is 4.89. The third kappa shape index (κ3) is 2.73. The molecule has 2 atom stereocenters. The fourth-order valence-electron chi connectivity index (χ4n) is 4.89. The van der Waals surface area contributed by atoms with E-state index in [1.54, 1.807) is 20.0 Å². The number of nitrogens with zero attached hydrogens (tertiary/aromatic N) is 2. The van der Waals surface area contributed by atoms with Crippen molar-refractivity contribution >= 4 is 17.6 Å². The van der Waals surface area contributed by atoms with Crippen LogP contribution in [0.5, 0.6) is 0 Å². The molecule has 1 aromatic carbocycles. The zero-order valence-corrected chi connectivity index (χ0v) is 17.4. The molecule has 2 aliphatic heterocycles. The van der Waals surface area contributed by atoms with E-state index in [1.165, 1.54) is 5.70 Å². The third-order valence-electron chi connectivity index (χ3n) is 6.17. The molecule has 4 rings (SSSR count). The van der Waals surface area contributed by atoms with Gasteiger partial charge in [-0.3, -0.25) is 4.99 Å². The van der Waals surface area contributed by atoms with Crippen LogP contribution in [0.15, 0.2) is 52.4 Å². The molecule has 0 saturated heterocycles. The molecule has 6 nitrogen and oxygen atoms in total. The maximum absolute atomic E-state index is 12.8. The molecule has 0 bridgehead atoms. The number of ether oxygens (including phenoxy) is 2. The Bertz CT molecular complexity index is 971. The predicted molar refractivity (Wildman–Crippen MR) is 112 cm³/mol. The number of nitrogens with one attached hydrogen (secondary N) is 1. The molecule has 0 fully saturated rings. The molecule has 1 aliphatic carbocycles. The lowest BCUT2D eigenvalue weighted by Crippen LogP contribution is -2.50. The average molecular weight is 393 g/mol. The van der Waals surface area contributed by atoms with Gasteiger partial charge in [-0.15, -0.1) is 0 Å². The summed E-state index contributed by atoms with van der Waals surface area (Å²) in [5, 5.41) is 8.49. The van der Waals surface area contributed by atoms with Crippen LogP contribution in [-0.4, -0.2) is 42.6 Å². The molecule has 29 heavy (non-hydrogen) atoms. The summed E-state index contributed by atoms with van der Waals surface area (Å²) in [6, 6.07) is 7.48. The molecular formula is C23H27N3O3. The van der Waals surface area contributed by atoms with Gasteiger partial charge in [-0.25, -0.2) is 4.79 Å². The second-order valence-corrected chi connectivity index (χ2v) is 7.60. The van der Waals surface area contributed by atoms with E-state index in [2.05, 4.69) is 29.8 Å². The van der Waals surface area contributed by atoms with Gasteiger partial charge in [0, 0.05) is 48.8 Å². The highest BCUT2D eigenvalue weighted by atomic mass is 16.6. The Kier molecular flexibility index (Phi) is 4.81. The molecule has 1 N–H and O–H groups in total. The molecule has 2 heterocycles. The molecule has 0 amide bonds. The first-order valence-corrected chi connectivity index (χ1v) is 10.2. The summed E-state index contributed by atoms with van der Waals surface area (Å²) < 4.78 is 12.4. The number of hydrogen-bond donors (Lipinski definition) is 1. The Balaban J connectivity index is 1.98. The molecule has 1 spiro atoms. The summed E-state index contributed by atoms with van der Waals surface area (Å²) in [4.78, 5) is 19.5. The number of aliphatic imine (C=N–C) groups is 1. The van der Waals surface area contributed by atoms with Crippen LogP contribution in [0.3, 0.4) is 0 Å². The van der Waals surface area contributed by atoms with Gasteiger partial charge >= 0.3 is 5.97 Å². The second kappa shape index (κ2) is 7.17. The first-order chi connectivity index (χ1) is 14.0. The van der Waals surface area contributed by atoms with Gasteiger partial charge in [-0.1, -0.05) is 18.2 Å². The summed E-state index contributed by atoms with van der Waals surface area (Å²) in [5.41, 5.74) is 2.80. The van der Waals surface area contributed by atoms with Crippen molar-refractivity contribution in [1.29, 1.82) is 5.41 Å². The number of carbonyl (C=O) groups excluding carboxylic acids is 1. The standard InChI is InChI=1S/C23H27N3O3/c1-5-26(6-2)15-11-12-18-19(13-15)28-21(25-4)20(14(3)24)23(18)17-10-8-7-9-16(17)22(27)29-23/h7-10,13,20,24H,5-6,11-12H2,1-4H3. The summed E-state index contributed by atoms with van der Waals surface area (Å²) in [6.07, 6.45) is 3.61. The highest BCUT2D eigenvalue weighted by Crippen LogP contribution is 2.54. The van der Waals surface area contributed by atoms with E-state index < -0.39 is 11.5 Å². The zero-order chi connectivity index (χ0) is 20.8. The Hall–Kier alpha value is -2.89. The Labute approximate surface area is 171 Å². The van der Waals surface area contributed by atoms with Crippen molar-refractivity contribution in [2.45, 2.75) is 39.2 Å². The molecule has 6 heteroatoms. The van der Waals surface area contributed by atoms with Crippen molar-refractivity contribution in [3.63, 3.8) is 0 Å². The Morgan fingerprint density at radius 3 is 2.66 bits per heavy atom. The number of esters is 1. The predicted octanol–water partition coefficient (Wildman–Crippen LogP) is 4.04. The minimum Gasteiger partial charge on any atom is -0.445 e. The summed E-state index contributed by atoms with van der Waals surface area (Å²) >= 11 is 0. The Morgan fingerprint density at radius 1 is 1.28 bits per heavy atom. The molecule has 3 aliphatic rings. The van der Waals surface area contributed by atoms with Crippen LogP contribution in [0.1, 0.15) is 49.5 Å². The first kappa shape index (κ1) is 19.4. The molecule has 152 valence electrons. The Morgan fingerprint density at radius 2 is 2.00 bits per heavy atom. The van der Waals surface area contributed by atoms with E-state index in [9.17, 15) is 4.79 Å². The number of hydrogen-bond acceptors (Lipinski definition) is 6. The van der Waals surface area contributed by atoms with E-state index in [0.717, 1.165) is 30.6 Å². The van der Waals surface area contributed by atoms with Crippen LogP contribution in [0.2, 0.25) is 0 Å². The van der Waals surface area contributed by atoms with Crippen LogP contribution in [-0.2, 0) is 15.1 Å². The molecule has 0 saturated carbocycles. The lowest BCUT2D eigenvalue weighted by molar-refractivity contribution is -0.00676. The highest BCUT2D eigenvalue weighted by Gasteiger charge is 2.60. The summed E-state index contributed by atoms with van der Waals surface area (Å²) in [5.74, 6) is 0.190. The maximum atomic E-state index is 12.8. The van der Waals surface area contributed by atoms with Gasteiger partial charge < -0.3 is 19.8 Å². The number of fused-ring (bicyclic) bond motifs is 3. The van der Waals surface area contributed by atoms with Crippen LogP contribution in [0, 0.1) is 11.3 Å². The van der Waals surface area contributed by atoms with Gasteiger partial charge in [0.15, 0.2) is 5.60 Å². The van der Waals surface area contributed by atoms with Crippen LogP contribution in [0.25, 0.3) is 0 Å². The third-order valence-corrected chi connectivity index (χ3v) is 6.17. The van der Waals surface area contributed by atoms with Crippen molar-refractivity contribution in [3.8, 4) is 0 Å². The summed E-state index contributed by atoms with van der Waals surface area (Å²) in [7, 11) is 1.66. The van der Waals surface area contributed by atoms with Gasteiger partial charge in [0.1, 0.15) is 11.7 Å². The van der Waals surface area contributed by atoms with Crippen molar-refractivity contribution in [2.75, 3.05) is 20.1 Å². The molecule has 1 aromatic rings. The quantitative estimate of drug-likeness (QED) is 0.619. The molecule has 2 unspecified atom stereocenters. The highest BCUT2D eigenvalue weighted by molar-refractivity contribution is 6.07. The SMILES string of the molecule is CCN(CC)C1=CC2=C(CC1)C1(OC(=O)c3ccccc31)C(C(C)=N)C(=NC)O2. The van der Waals surface area contributed by atoms with E-state index in [0.29, 0.717) is 29.4 Å². The van der Waals surface area contributed by atoms with Gasteiger partial charge in [0.2, 0.25) is 5.90 Å². The minimum atomic E-state index is -1.06. The number of benzene rings is 1. The summed E-state index contributed by atoms with van der Waals surface area (Å²) in [6.45, 7) is 7.84. The first-order valence-electron chi connectivity index (χ1n) is 10.2. The maximum Gasteiger partial charge on any atom is 0.339 e. The lowest BCUT2D eigenvalue weighted by atomic mass is 9.69. The molecular weight excluding hydrogens is 366 g/mol. The van der Waals surface area contributed by atoms with Gasteiger partial charge in [-0.05, 0) is 39.7 Å². The van der Waals surface area contributed by atoms with Crippen molar-refractivity contribution in [3.05, 3.63) is 58.5 Å². The molecule has 0 radical (unpaired) electrons. The monoisotopic (exact) mass is 393 g/mol. The topological polar surface area (TPSA) is 75.0 Å². The number of allylic oxidation sites excluding steroid dienone is 2. The van der Waals surface area contributed by atoms with Crippen LogP contribution in [0.4, 0.5) is 0 Å². The average Bonchev–Trinajstić information content (AvgIpc) is 3.01. The smallest absolute Gasteiger partial charge is 0.339 e. The normalized spacial score (nSPS) is 26.6. The van der Waals surface area contributed by atoms with Gasteiger partial charge in [0.25, 0.3) is 0 Å². The lowest BCUT2D eigenvalue weighted by Gasteiger charge is -2.44. The fraction of sp³-hybridized carbons (Fsp3) is 0.435. The van der Waals surface area contributed by atoms with Crippen molar-refractivity contribution in [2.24, 2.45) is 10.9 Å². The largest absolute Gasteiger partial charge is 0.445 e. The van der Waals surface area contributed by atoms with Crippen molar-refractivity contribution < 1.29 is 14.3 Å². The van der Waals surface area contributed by atoms with E-state index >= 15 is 0 Å². The number of carbonyl (C=O) groups is 1. The zero-order valence-electron chi connectivity index (χ0n) is 17.4. The molecule has 0 aromatic heterocycles. The minimum absolute atomic E-state index is 0.352. The number of rotatable bonds is 4. The van der Waals surface area contributed by atoms with Crippen molar-refractivity contribution in [1.82, 2.24) is 4.90 Å². The second-order valence-electron chi connectivity index (χ2n) is 7.60. The van der Waals surface area contributed by atoms with E-state index in [4.69, 9.17) is 14.9 Å². The van der Waals surface area contributed by atoms with E-state index in [-0.39, 0.29) is 5.97 Å². The van der Waals surface area contributed by atoms with E-state index in [1.807, 2.05) is 18.2 Å². The van der Waals surface area contributed by atoms with Gasteiger partial charge in [-0.2, -0.15) is 0 Å². The van der Waals surface area contributed by atoms with Crippen LogP contribution >= 0.6 is 0 Å².